The molecule has 0 spiro atoms. The molecule has 1 aromatic carbocycles. The van der Waals surface area contributed by atoms with E-state index in [1.54, 1.807) is 20.8 Å². The van der Waals surface area contributed by atoms with Crippen LogP contribution in [0.25, 0.3) is 0 Å². The Labute approximate surface area is 127 Å². The zero-order valence-electron chi connectivity index (χ0n) is 12.2. The molecule has 5 nitrogen and oxygen atoms in total. The Morgan fingerprint density at radius 1 is 1.33 bits per heavy atom. The third kappa shape index (κ3) is 6.99. The first-order valence-corrected chi connectivity index (χ1v) is 7.47. The Morgan fingerprint density at radius 2 is 2.00 bits per heavy atom. The van der Waals surface area contributed by atoms with E-state index in [-0.39, 0.29) is 17.2 Å². The van der Waals surface area contributed by atoms with Gasteiger partial charge in [-0.25, -0.2) is 4.39 Å². The molecule has 0 radical (unpaired) electrons. The summed E-state index contributed by atoms with van der Waals surface area (Å²) in [5.41, 5.74) is 5.35. The maximum Gasteiger partial charge on any atom is 0.316 e. The maximum atomic E-state index is 13.4. The summed E-state index contributed by atoms with van der Waals surface area (Å²) in [5, 5.41) is 2.41. The molecule has 0 unspecified atom stereocenters. The highest BCUT2D eigenvalue weighted by Gasteiger charge is 2.16. The van der Waals surface area contributed by atoms with E-state index in [1.807, 2.05) is 0 Å². The van der Waals surface area contributed by atoms with Gasteiger partial charge in [0.25, 0.3) is 0 Å². The van der Waals surface area contributed by atoms with Crippen LogP contribution < -0.4 is 11.1 Å². The SMILES string of the molecule is CC(C)(C)OC(=O)CSCC(=O)Nc1cc(N)ccc1F. The number of benzene rings is 1. The molecular weight excluding hydrogens is 295 g/mol. The van der Waals surface area contributed by atoms with Crippen LogP contribution >= 0.6 is 11.8 Å². The largest absolute Gasteiger partial charge is 0.459 e. The first-order valence-electron chi connectivity index (χ1n) is 6.32. The normalized spacial score (nSPS) is 11.0. The molecule has 0 aliphatic carbocycles. The Morgan fingerprint density at radius 3 is 2.62 bits per heavy atom. The van der Waals surface area contributed by atoms with Crippen LogP contribution in [0.15, 0.2) is 18.2 Å². The predicted octanol–water partition coefficient (Wildman–Crippen LogP) is 2.42. The van der Waals surface area contributed by atoms with Crippen LogP contribution in [0.5, 0.6) is 0 Å². The van der Waals surface area contributed by atoms with Gasteiger partial charge < -0.3 is 15.8 Å². The van der Waals surface area contributed by atoms with Crippen molar-refractivity contribution in [2.45, 2.75) is 26.4 Å². The summed E-state index contributed by atoms with van der Waals surface area (Å²) in [6.07, 6.45) is 0. The fraction of sp³-hybridized carbons (Fsp3) is 0.429. The van der Waals surface area contributed by atoms with E-state index in [2.05, 4.69) is 5.32 Å². The molecule has 0 atom stereocenters. The van der Waals surface area contributed by atoms with Gasteiger partial charge in [-0.15, -0.1) is 11.8 Å². The Bertz CT molecular complexity index is 529. The zero-order valence-corrected chi connectivity index (χ0v) is 13.1. The first-order chi connectivity index (χ1) is 9.67. The van der Waals surface area contributed by atoms with Crippen LogP contribution in [0, 0.1) is 5.82 Å². The molecule has 0 saturated heterocycles. The number of carbonyl (C=O) groups excluding carboxylic acids is 2. The maximum absolute atomic E-state index is 13.4. The second kappa shape index (κ2) is 7.31. The highest BCUT2D eigenvalue weighted by atomic mass is 32.2. The summed E-state index contributed by atoms with van der Waals surface area (Å²) in [6, 6.07) is 3.92. The fourth-order valence-electron chi connectivity index (χ4n) is 1.42. The van der Waals surface area contributed by atoms with Crippen LogP contribution in [0.4, 0.5) is 15.8 Å². The number of nitrogen functional groups attached to an aromatic ring is 1. The van der Waals surface area contributed by atoms with Crippen molar-refractivity contribution in [3.63, 3.8) is 0 Å². The van der Waals surface area contributed by atoms with E-state index >= 15 is 0 Å². The molecule has 0 aliphatic heterocycles. The molecule has 1 aromatic rings. The number of esters is 1. The van der Waals surface area contributed by atoms with Gasteiger partial charge in [-0.3, -0.25) is 9.59 Å². The first kappa shape index (κ1) is 17.3. The van der Waals surface area contributed by atoms with Gasteiger partial charge in [0.05, 0.1) is 17.2 Å². The number of hydrogen-bond donors (Lipinski definition) is 2. The predicted molar refractivity (Wildman–Crippen MR) is 82.6 cm³/mol. The van der Waals surface area contributed by atoms with Crippen molar-refractivity contribution in [1.82, 2.24) is 0 Å². The number of carbonyl (C=O) groups is 2. The summed E-state index contributed by atoms with van der Waals surface area (Å²) in [7, 11) is 0. The zero-order chi connectivity index (χ0) is 16.0. The molecule has 1 rings (SSSR count). The van der Waals surface area contributed by atoms with Crippen LogP contribution in [0.1, 0.15) is 20.8 Å². The number of nitrogens with two attached hydrogens (primary N) is 1. The number of thioether (sulfide) groups is 1. The van der Waals surface area contributed by atoms with Gasteiger partial charge in [-0.1, -0.05) is 0 Å². The van der Waals surface area contributed by atoms with Crippen molar-refractivity contribution >= 4 is 35.0 Å². The highest BCUT2D eigenvalue weighted by molar-refractivity contribution is 8.00. The average molecular weight is 314 g/mol. The number of hydrogen-bond acceptors (Lipinski definition) is 5. The number of nitrogens with one attached hydrogen (secondary N) is 1. The minimum atomic E-state index is -0.560. The second-order valence-electron chi connectivity index (χ2n) is 5.37. The lowest BCUT2D eigenvalue weighted by Crippen LogP contribution is -2.25. The van der Waals surface area contributed by atoms with Crippen molar-refractivity contribution in [2.24, 2.45) is 0 Å². The van der Waals surface area contributed by atoms with E-state index < -0.39 is 23.3 Å². The van der Waals surface area contributed by atoms with Crippen molar-refractivity contribution in [2.75, 3.05) is 22.6 Å². The lowest BCUT2D eigenvalue weighted by Gasteiger charge is -2.19. The molecule has 0 saturated carbocycles. The van der Waals surface area contributed by atoms with E-state index in [0.717, 1.165) is 11.8 Å². The van der Waals surface area contributed by atoms with E-state index in [1.165, 1.54) is 18.2 Å². The van der Waals surface area contributed by atoms with E-state index in [4.69, 9.17) is 10.5 Å². The number of anilines is 2. The van der Waals surface area contributed by atoms with Crippen LogP contribution in [-0.2, 0) is 14.3 Å². The third-order valence-corrected chi connectivity index (χ3v) is 3.04. The van der Waals surface area contributed by atoms with Crippen LogP contribution in [0.3, 0.4) is 0 Å². The standard InChI is InChI=1S/C14H19FN2O3S/c1-14(2,3)20-13(19)8-21-7-12(18)17-11-6-9(16)4-5-10(11)15/h4-6H,7-8,16H2,1-3H3,(H,17,18). The molecule has 7 heteroatoms. The lowest BCUT2D eigenvalue weighted by atomic mass is 10.2. The molecule has 21 heavy (non-hydrogen) atoms. The molecule has 0 heterocycles. The second-order valence-corrected chi connectivity index (χ2v) is 6.35. The van der Waals surface area contributed by atoms with E-state index in [0.29, 0.717) is 5.69 Å². The van der Waals surface area contributed by atoms with Gasteiger partial charge in [0, 0.05) is 5.69 Å². The summed E-state index contributed by atoms with van der Waals surface area (Å²) in [6.45, 7) is 5.31. The molecular formula is C14H19FN2O3S. The molecule has 0 fully saturated rings. The topological polar surface area (TPSA) is 81.4 Å². The number of amides is 1. The van der Waals surface area contributed by atoms with Gasteiger partial charge in [-0.2, -0.15) is 0 Å². The minimum Gasteiger partial charge on any atom is -0.459 e. The number of ether oxygens (including phenoxy) is 1. The quantitative estimate of drug-likeness (QED) is 0.644. The van der Waals surface area contributed by atoms with Gasteiger partial charge in [0.15, 0.2) is 0 Å². The smallest absolute Gasteiger partial charge is 0.316 e. The number of rotatable bonds is 5. The minimum absolute atomic E-state index is 0.0213. The molecule has 3 N–H and O–H groups in total. The Hall–Kier alpha value is -1.76. The van der Waals surface area contributed by atoms with Crippen molar-refractivity contribution in [1.29, 1.82) is 0 Å². The summed E-state index contributed by atoms with van der Waals surface area (Å²) < 4.78 is 18.5. The molecule has 0 aliphatic rings. The monoisotopic (exact) mass is 314 g/mol. The molecule has 0 bridgehead atoms. The molecule has 1 amide bonds. The van der Waals surface area contributed by atoms with E-state index in [9.17, 15) is 14.0 Å². The van der Waals surface area contributed by atoms with Crippen molar-refractivity contribution in [3.8, 4) is 0 Å². The Balaban J connectivity index is 2.38. The van der Waals surface area contributed by atoms with Gasteiger partial charge in [0.2, 0.25) is 5.91 Å². The summed E-state index contributed by atoms with van der Waals surface area (Å²) in [5.74, 6) is -1.28. The van der Waals surface area contributed by atoms with Crippen LogP contribution in [-0.4, -0.2) is 29.0 Å². The average Bonchev–Trinajstić information content (AvgIpc) is 2.31. The molecule has 116 valence electrons. The summed E-state index contributed by atoms with van der Waals surface area (Å²) >= 11 is 1.10. The van der Waals surface area contributed by atoms with Crippen molar-refractivity contribution in [3.05, 3.63) is 24.0 Å². The third-order valence-electron chi connectivity index (χ3n) is 2.14. The van der Waals surface area contributed by atoms with Gasteiger partial charge in [-0.05, 0) is 39.0 Å². The van der Waals surface area contributed by atoms with Gasteiger partial charge >= 0.3 is 5.97 Å². The van der Waals surface area contributed by atoms with Crippen LogP contribution in [0.2, 0.25) is 0 Å². The molecule has 0 aromatic heterocycles. The van der Waals surface area contributed by atoms with Crippen molar-refractivity contribution < 1.29 is 18.7 Å². The highest BCUT2D eigenvalue weighted by Crippen LogP contribution is 2.18. The fourth-order valence-corrected chi connectivity index (χ4v) is 2.01. The number of halogens is 1. The summed E-state index contributed by atoms with van der Waals surface area (Å²) in [4.78, 5) is 23.1. The lowest BCUT2D eigenvalue weighted by molar-refractivity contribution is -0.151. The Kier molecular flexibility index (Phi) is 6.02. The van der Waals surface area contributed by atoms with Gasteiger partial charge in [0.1, 0.15) is 11.4 Å².